The third-order valence-corrected chi connectivity index (χ3v) is 5.98. The summed E-state index contributed by atoms with van der Waals surface area (Å²) in [5.74, 6) is 1.71. The van der Waals surface area contributed by atoms with Crippen molar-refractivity contribution in [1.29, 1.82) is 0 Å². The third kappa shape index (κ3) is 5.37. The summed E-state index contributed by atoms with van der Waals surface area (Å²) in [5.41, 5.74) is 1.40. The molecule has 0 atom stereocenters. The number of aromatic nitrogens is 3. The van der Waals surface area contributed by atoms with Gasteiger partial charge in [-0.1, -0.05) is 36.0 Å². The second-order valence-electron chi connectivity index (χ2n) is 7.22. The number of nitrogens with one attached hydrogen (secondary N) is 1. The molecule has 0 aliphatic rings. The summed E-state index contributed by atoms with van der Waals surface area (Å²) in [4.78, 5) is 12.3. The van der Waals surface area contributed by atoms with Gasteiger partial charge in [-0.15, -0.1) is 10.2 Å². The lowest BCUT2D eigenvalue weighted by Gasteiger charge is -2.10. The maximum absolute atomic E-state index is 13.8. The molecule has 1 amide bonds. The molecule has 0 saturated heterocycles. The molecule has 0 unspecified atom stereocenters. The highest BCUT2D eigenvalue weighted by Crippen LogP contribution is 2.27. The SMILES string of the molecule is COc1ccccc1OCCSc1nnc(-c2ccc(NC(=O)c3ccccc3F)cc2)n1C. The number of hydrogen-bond donors (Lipinski definition) is 1. The monoisotopic (exact) mass is 478 g/mol. The Kier molecular flexibility index (Phi) is 7.44. The van der Waals surface area contributed by atoms with Crippen LogP contribution in [0.3, 0.4) is 0 Å². The van der Waals surface area contributed by atoms with Crippen LogP contribution in [0.15, 0.2) is 78.0 Å². The Bertz CT molecular complexity index is 1280. The Balaban J connectivity index is 1.35. The number of para-hydroxylation sites is 2. The molecule has 34 heavy (non-hydrogen) atoms. The Morgan fingerprint density at radius 2 is 1.71 bits per heavy atom. The molecule has 0 aliphatic carbocycles. The summed E-state index contributed by atoms with van der Waals surface area (Å²) >= 11 is 1.54. The molecule has 4 rings (SSSR count). The van der Waals surface area contributed by atoms with Gasteiger partial charge in [0.15, 0.2) is 22.5 Å². The first-order valence-electron chi connectivity index (χ1n) is 10.5. The zero-order valence-electron chi connectivity index (χ0n) is 18.7. The van der Waals surface area contributed by atoms with E-state index in [0.29, 0.717) is 35.4 Å². The molecule has 0 aliphatic heterocycles. The highest BCUT2D eigenvalue weighted by Gasteiger charge is 2.14. The average Bonchev–Trinajstić information content (AvgIpc) is 3.22. The standard InChI is InChI=1S/C25H23FN4O3S/c1-30-23(28-29-25(30)34-16-15-33-22-10-6-5-9-21(22)32-2)17-11-13-18(14-12-17)27-24(31)19-7-3-4-8-20(19)26/h3-14H,15-16H2,1-2H3,(H,27,31). The topological polar surface area (TPSA) is 78.3 Å². The van der Waals surface area contributed by atoms with Gasteiger partial charge in [0.2, 0.25) is 0 Å². The van der Waals surface area contributed by atoms with E-state index in [1.807, 2.05) is 48.0 Å². The number of amides is 1. The first-order chi connectivity index (χ1) is 16.6. The van der Waals surface area contributed by atoms with Gasteiger partial charge in [-0.25, -0.2) is 4.39 Å². The smallest absolute Gasteiger partial charge is 0.258 e. The highest BCUT2D eigenvalue weighted by molar-refractivity contribution is 7.99. The Morgan fingerprint density at radius 1 is 1.00 bits per heavy atom. The van der Waals surface area contributed by atoms with E-state index in [9.17, 15) is 9.18 Å². The number of ether oxygens (including phenoxy) is 2. The normalized spacial score (nSPS) is 10.7. The van der Waals surface area contributed by atoms with Crippen LogP contribution in [0.25, 0.3) is 11.4 Å². The van der Waals surface area contributed by atoms with Gasteiger partial charge in [0.05, 0.1) is 19.3 Å². The molecule has 0 spiro atoms. The maximum atomic E-state index is 13.8. The number of nitrogens with zero attached hydrogens (tertiary/aromatic N) is 3. The van der Waals surface area contributed by atoms with Gasteiger partial charge in [-0.05, 0) is 48.5 Å². The molecule has 0 bridgehead atoms. The Hall–Kier alpha value is -3.85. The lowest BCUT2D eigenvalue weighted by molar-refractivity contribution is 0.102. The molecule has 0 saturated carbocycles. The summed E-state index contributed by atoms with van der Waals surface area (Å²) < 4.78 is 26.8. The molecule has 1 N–H and O–H groups in total. The fourth-order valence-electron chi connectivity index (χ4n) is 3.26. The lowest BCUT2D eigenvalue weighted by Crippen LogP contribution is -2.13. The summed E-state index contributed by atoms with van der Waals surface area (Å²) in [7, 11) is 3.51. The zero-order chi connectivity index (χ0) is 23.9. The second kappa shape index (κ2) is 10.8. The van der Waals surface area contributed by atoms with Crippen LogP contribution in [0.4, 0.5) is 10.1 Å². The van der Waals surface area contributed by atoms with E-state index in [2.05, 4.69) is 15.5 Å². The van der Waals surface area contributed by atoms with Crippen molar-refractivity contribution in [3.05, 3.63) is 84.2 Å². The Labute approximate surface area is 200 Å². The van der Waals surface area contributed by atoms with Gasteiger partial charge in [-0.2, -0.15) is 0 Å². The number of benzene rings is 3. The predicted octanol–water partition coefficient (Wildman–Crippen LogP) is 5.05. The van der Waals surface area contributed by atoms with E-state index in [1.165, 1.54) is 23.9 Å². The maximum Gasteiger partial charge on any atom is 0.258 e. The average molecular weight is 479 g/mol. The van der Waals surface area contributed by atoms with Crippen LogP contribution < -0.4 is 14.8 Å². The lowest BCUT2D eigenvalue weighted by atomic mass is 10.1. The van der Waals surface area contributed by atoms with Gasteiger partial charge >= 0.3 is 0 Å². The van der Waals surface area contributed by atoms with E-state index in [-0.39, 0.29) is 5.56 Å². The van der Waals surface area contributed by atoms with Crippen LogP contribution in [0.2, 0.25) is 0 Å². The van der Waals surface area contributed by atoms with Crippen LogP contribution in [-0.4, -0.2) is 40.1 Å². The number of carbonyl (C=O) groups excluding carboxylic acids is 1. The van der Waals surface area contributed by atoms with E-state index in [0.717, 1.165) is 10.7 Å². The molecule has 4 aromatic rings. The van der Waals surface area contributed by atoms with E-state index < -0.39 is 11.7 Å². The van der Waals surface area contributed by atoms with Crippen molar-refractivity contribution in [2.24, 2.45) is 7.05 Å². The third-order valence-electron chi connectivity index (χ3n) is 5.00. The molecule has 3 aromatic carbocycles. The number of anilines is 1. The zero-order valence-corrected chi connectivity index (χ0v) is 19.5. The molecular weight excluding hydrogens is 455 g/mol. The van der Waals surface area contributed by atoms with Crippen LogP contribution in [0.1, 0.15) is 10.4 Å². The van der Waals surface area contributed by atoms with E-state index in [4.69, 9.17) is 9.47 Å². The van der Waals surface area contributed by atoms with Crippen molar-refractivity contribution in [3.63, 3.8) is 0 Å². The van der Waals surface area contributed by atoms with Gasteiger partial charge in [0.25, 0.3) is 5.91 Å². The fraction of sp³-hybridized carbons (Fsp3) is 0.160. The first-order valence-corrected chi connectivity index (χ1v) is 11.5. The number of methoxy groups -OCH3 is 1. The molecule has 1 aromatic heterocycles. The number of hydrogen-bond acceptors (Lipinski definition) is 6. The number of thioether (sulfide) groups is 1. The van der Waals surface area contributed by atoms with E-state index in [1.54, 1.807) is 31.4 Å². The quantitative estimate of drug-likeness (QED) is 0.268. The van der Waals surface area contributed by atoms with Crippen molar-refractivity contribution in [1.82, 2.24) is 14.8 Å². The van der Waals surface area contributed by atoms with Gasteiger partial charge in [0.1, 0.15) is 5.82 Å². The van der Waals surface area contributed by atoms with Crippen molar-refractivity contribution < 1.29 is 18.7 Å². The number of rotatable bonds is 9. The summed E-state index contributed by atoms with van der Waals surface area (Å²) in [6, 6.07) is 20.5. The largest absolute Gasteiger partial charge is 0.493 e. The second-order valence-corrected chi connectivity index (χ2v) is 8.29. The van der Waals surface area contributed by atoms with Crippen LogP contribution >= 0.6 is 11.8 Å². The first kappa shape index (κ1) is 23.3. The molecule has 1 heterocycles. The predicted molar refractivity (Wildman–Crippen MR) is 130 cm³/mol. The summed E-state index contributed by atoms with van der Waals surface area (Å²) in [6.07, 6.45) is 0. The summed E-state index contributed by atoms with van der Waals surface area (Å²) in [6.45, 7) is 0.490. The minimum Gasteiger partial charge on any atom is -0.493 e. The fourth-order valence-corrected chi connectivity index (χ4v) is 3.99. The number of carbonyl (C=O) groups is 1. The van der Waals surface area contributed by atoms with Gasteiger partial charge in [0, 0.05) is 24.1 Å². The molecule has 0 fully saturated rings. The molecule has 174 valence electrons. The van der Waals surface area contributed by atoms with Gasteiger partial charge in [-0.3, -0.25) is 4.79 Å². The van der Waals surface area contributed by atoms with Gasteiger partial charge < -0.3 is 19.4 Å². The molecule has 7 nitrogen and oxygen atoms in total. The summed E-state index contributed by atoms with van der Waals surface area (Å²) in [5, 5.41) is 12.0. The van der Waals surface area contributed by atoms with E-state index >= 15 is 0 Å². The highest BCUT2D eigenvalue weighted by atomic mass is 32.2. The van der Waals surface area contributed by atoms with Crippen LogP contribution in [0.5, 0.6) is 11.5 Å². The van der Waals surface area contributed by atoms with Crippen LogP contribution in [0, 0.1) is 5.82 Å². The Morgan fingerprint density at radius 3 is 2.44 bits per heavy atom. The van der Waals surface area contributed by atoms with Crippen molar-refractivity contribution in [3.8, 4) is 22.9 Å². The minimum atomic E-state index is -0.561. The number of halogens is 1. The van der Waals surface area contributed by atoms with Crippen LogP contribution in [-0.2, 0) is 7.05 Å². The molecule has 9 heteroatoms. The van der Waals surface area contributed by atoms with Crippen molar-refractivity contribution in [2.45, 2.75) is 5.16 Å². The molecule has 0 radical (unpaired) electrons. The minimum absolute atomic E-state index is 0.00349. The molecular formula is C25H23FN4O3S. The van der Waals surface area contributed by atoms with Crippen molar-refractivity contribution >= 4 is 23.4 Å². The van der Waals surface area contributed by atoms with Crippen molar-refractivity contribution in [2.75, 3.05) is 24.8 Å².